The summed E-state index contributed by atoms with van der Waals surface area (Å²) in [5.41, 5.74) is 4.13. The summed E-state index contributed by atoms with van der Waals surface area (Å²) >= 11 is 0. The van der Waals surface area contributed by atoms with Gasteiger partial charge in [-0.3, -0.25) is 9.88 Å². The Balaban J connectivity index is 1.71. The maximum absolute atomic E-state index is 10.3. The van der Waals surface area contributed by atoms with Crippen LogP contribution in [0.3, 0.4) is 0 Å². The molecule has 0 aliphatic rings. The molecule has 0 atom stereocenters. The molecule has 2 N–H and O–H groups in total. The minimum absolute atomic E-state index is 0.136. The summed E-state index contributed by atoms with van der Waals surface area (Å²) in [6.45, 7) is 2.88. The van der Waals surface area contributed by atoms with Crippen LogP contribution in [0, 0.1) is 6.92 Å². The fourth-order valence-electron chi connectivity index (χ4n) is 2.81. The summed E-state index contributed by atoms with van der Waals surface area (Å²) in [5, 5.41) is 24.0. The second-order valence-electron chi connectivity index (χ2n) is 6.14. The highest BCUT2D eigenvalue weighted by molar-refractivity contribution is 5.40. The molecule has 2 aromatic heterocycles. The molecule has 0 unspecified atom stereocenters. The Kier molecular flexibility index (Phi) is 5.11. The van der Waals surface area contributed by atoms with Crippen molar-refractivity contribution < 1.29 is 10.2 Å². The van der Waals surface area contributed by atoms with Gasteiger partial charge in [-0.25, -0.2) is 4.68 Å². The van der Waals surface area contributed by atoms with Gasteiger partial charge in [0, 0.05) is 42.8 Å². The molecule has 0 bridgehead atoms. The first-order chi connectivity index (χ1) is 12.1. The third-order valence-electron chi connectivity index (χ3n) is 4.19. The molecule has 2 heterocycles. The van der Waals surface area contributed by atoms with Gasteiger partial charge < -0.3 is 10.2 Å². The third kappa shape index (κ3) is 3.87. The van der Waals surface area contributed by atoms with Gasteiger partial charge >= 0.3 is 0 Å². The molecule has 6 heteroatoms. The van der Waals surface area contributed by atoms with E-state index in [1.54, 1.807) is 19.3 Å². The van der Waals surface area contributed by atoms with E-state index in [0.29, 0.717) is 17.8 Å². The van der Waals surface area contributed by atoms with Gasteiger partial charge in [-0.15, -0.1) is 0 Å². The maximum Gasteiger partial charge on any atom is 0.141 e. The smallest absolute Gasteiger partial charge is 0.141 e. The Labute approximate surface area is 147 Å². The maximum atomic E-state index is 10.3. The Morgan fingerprint density at radius 2 is 1.92 bits per heavy atom. The van der Waals surface area contributed by atoms with Crippen LogP contribution >= 0.6 is 0 Å². The average molecular weight is 338 g/mol. The number of benzene rings is 1. The largest absolute Gasteiger partial charge is 0.506 e. The molecule has 3 rings (SSSR count). The Morgan fingerprint density at radius 3 is 2.56 bits per heavy atom. The van der Waals surface area contributed by atoms with Crippen LogP contribution in [0.1, 0.15) is 22.4 Å². The van der Waals surface area contributed by atoms with Crippen LogP contribution in [0.5, 0.6) is 5.75 Å². The number of hydrogen-bond donors (Lipinski definition) is 2. The average Bonchev–Trinajstić information content (AvgIpc) is 3.14. The van der Waals surface area contributed by atoms with E-state index in [1.807, 2.05) is 36.1 Å². The number of aromatic hydroxyl groups is 1. The minimum Gasteiger partial charge on any atom is -0.506 e. The molecular formula is C19H22N4O2. The standard InChI is InChI=1S/C19H22N4O2/c1-14-19(25)18(16(13-24)10-20-14)12-22(2)11-15-4-6-17(7-5-15)23-9-3-8-21-23/h3-10,24-25H,11-13H2,1-2H3. The Bertz CT molecular complexity index is 829. The normalized spacial score (nSPS) is 11.2. The highest BCUT2D eigenvalue weighted by Gasteiger charge is 2.13. The van der Waals surface area contributed by atoms with Crippen molar-refractivity contribution in [3.05, 3.63) is 71.3 Å². The van der Waals surface area contributed by atoms with E-state index in [2.05, 4.69) is 27.1 Å². The highest BCUT2D eigenvalue weighted by Crippen LogP contribution is 2.25. The number of nitrogens with zero attached hydrogens (tertiary/aromatic N) is 4. The van der Waals surface area contributed by atoms with E-state index >= 15 is 0 Å². The monoisotopic (exact) mass is 338 g/mol. The van der Waals surface area contributed by atoms with Crippen molar-refractivity contribution in [1.82, 2.24) is 19.7 Å². The van der Waals surface area contributed by atoms with Gasteiger partial charge in [0.15, 0.2) is 0 Å². The van der Waals surface area contributed by atoms with Gasteiger partial charge in [0.1, 0.15) is 5.75 Å². The summed E-state index contributed by atoms with van der Waals surface area (Å²) < 4.78 is 1.82. The zero-order chi connectivity index (χ0) is 17.8. The predicted octanol–water partition coefficient (Wildman–Crippen LogP) is 2.41. The second kappa shape index (κ2) is 7.46. The summed E-state index contributed by atoms with van der Waals surface area (Å²) in [6, 6.07) is 10.1. The Morgan fingerprint density at radius 1 is 1.16 bits per heavy atom. The highest BCUT2D eigenvalue weighted by atomic mass is 16.3. The first kappa shape index (κ1) is 17.1. The van der Waals surface area contributed by atoms with Crippen molar-refractivity contribution in [3.8, 4) is 11.4 Å². The van der Waals surface area contributed by atoms with Gasteiger partial charge in [0.05, 0.1) is 18.0 Å². The number of rotatable bonds is 6. The molecule has 0 spiro atoms. The Hall–Kier alpha value is -2.70. The zero-order valence-corrected chi connectivity index (χ0v) is 14.4. The van der Waals surface area contributed by atoms with E-state index in [1.165, 1.54) is 0 Å². The third-order valence-corrected chi connectivity index (χ3v) is 4.19. The molecule has 25 heavy (non-hydrogen) atoms. The summed E-state index contributed by atoms with van der Waals surface area (Å²) in [4.78, 5) is 6.19. The number of aryl methyl sites for hydroxylation is 1. The summed E-state index contributed by atoms with van der Waals surface area (Å²) in [5.74, 6) is 0.160. The van der Waals surface area contributed by atoms with Crippen molar-refractivity contribution in [3.63, 3.8) is 0 Å². The van der Waals surface area contributed by atoms with Gasteiger partial charge in [0.2, 0.25) is 0 Å². The van der Waals surface area contributed by atoms with Crippen molar-refractivity contribution in [2.75, 3.05) is 7.05 Å². The predicted molar refractivity (Wildman–Crippen MR) is 95.3 cm³/mol. The molecule has 0 fully saturated rings. The lowest BCUT2D eigenvalue weighted by Gasteiger charge is -2.20. The summed E-state index contributed by atoms with van der Waals surface area (Å²) in [7, 11) is 1.98. The molecule has 1 aromatic carbocycles. The van der Waals surface area contributed by atoms with Crippen LogP contribution in [-0.4, -0.2) is 36.9 Å². The molecule has 0 amide bonds. The molecule has 0 aliphatic carbocycles. The van der Waals surface area contributed by atoms with Crippen LogP contribution < -0.4 is 0 Å². The van der Waals surface area contributed by atoms with Crippen molar-refractivity contribution in [2.24, 2.45) is 0 Å². The van der Waals surface area contributed by atoms with E-state index < -0.39 is 0 Å². The van der Waals surface area contributed by atoms with Crippen LogP contribution in [0.15, 0.2) is 48.9 Å². The topological polar surface area (TPSA) is 74.4 Å². The number of aliphatic hydroxyl groups is 1. The number of hydrogen-bond acceptors (Lipinski definition) is 5. The van der Waals surface area contributed by atoms with Crippen LogP contribution in [-0.2, 0) is 19.7 Å². The quantitative estimate of drug-likeness (QED) is 0.722. The number of pyridine rings is 1. The molecule has 0 aliphatic heterocycles. The first-order valence-electron chi connectivity index (χ1n) is 8.13. The van der Waals surface area contributed by atoms with Gasteiger partial charge in [-0.05, 0) is 37.7 Å². The van der Waals surface area contributed by atoms with Crippen LogP contribution in [0.25, 0.3) is 5.69 Å². The molecule has 0 radical (unpaired) electrons. The van der Waals surface area contributed by atoms with Crippen molar-refractivity contribution in [2.45, 2.75) is 26.6 Å². The minimum atomic E-state index is -0.136. The molecule has 3 aromatic rings. The van der Waals surface area contributed by atoms with Crippen LogP contribution in [0.4, 0.5) is 0 Å². The van der Waals surface area contributed by atoms with Gasteiger partial charge in [-0.2, -0.15) is 5.10 Å². The van der Waals surface area contributed by atoms with Crippen molar-refractivity contribution >= 4 is 0 Å². The van der Waals surface area contributed by atoms with Gasteiger partial charge in [-0.1, -0.05) is 12.1 Å². The van der Waals surface area contributed by atoms with Crippen molar-refractivity contribution in [1.29, 1.82) is 0 Å². The number of aliphatic hydroxyl groups excluding tert-OH is 1. The second-order valence-corrected chi connectivity index (χ2v) is 6.14. The summed E-state index contributed by atoms with van der Waals surface area (Å²) in [6.07, 6.45) is 5.28. The lowest BCUT2D eigenvalue weighted by Crippen LogP contribution is -2.19. The van der Waals surface area contributed by atoms with Gasteiger partial charge in [0.25, 0.3) is 0 Å². The lowest BCUT2D eigenvalue weighted by molar-refractivity contribution is 0.270. The van der Waals surface area contributed by atoms with E-state index in [9.17, 15) is 10.2 Å². The van der Waals surface area contributed by atoms with Crippen LogP contribution in [0.2, 0.25) is 0 Å². The first-order valence-corrected chi connectivity index (χ1v) is 8.13. The molecule has 130 valence electrons. The zero-order valence-electron chi connectivity index (χ0n) is 14.4. The van der Waals surface area contributed by atoms with E-state index in [-0.39, 0.29) is 12.4 Å². The molecular weight excluding hydrogens is 316 g/mol. The molecule has 0 saturated heterocycles. The van der Waals surface area contributed by atoms with E-state index in [0.717, 1.165) is 23.4 Å². The lowest BCUT2D eigenvalue weighted by atomic mass is 10.1. The van der Waals surface area contributed by atoms with E-state index in [4.69, 9.17) is 0 Å². The SMILES string of the molecule is Cc1ncc(CO)c(CN(C)Cc2ccc(-n3cccn3)cc2)c1O. The molecule has 0 saturated carbocycles. The fraction of sp³-hybridized carbons (Fsp3) is 0.263. The number of aromatic nitrogens is 3. The fourth-order valence-corrected chi connectivity index (χ4v) is 2.81. The molecule has 6 nitrogen and oxygen atoms in total.